The van der Waals surface area contributed by atoms with Crippen molar-refractivity contribution < 1.29 is 4.74 Å². The Morgan fingerprint density at radius 2 is 2.06 bits per heavy atom. The Hall–Kier alpha value is -1.29. The molecule has 1 aromatic rings. The monoisotopic (exact) mass is 233 g/mol. The molecule has 1 saturated carbocycles. The fourth-order valence-electron chi connectivity index (χ4n) is 2.23. The molecular weight excluding hydrogens is 214 g/mol. The summed E-state index contributed by atoms with van der Waals surface area (Å²) in [7, 11) is 0. The number of anilines is 2. The van der Waals surface area contributed by atoms with Crippen molar-refractivity contribution in [2.45, 2.75) is 25.3 Å². The average molecular weight is 233 g/mol. The molecule has 17 heavy (non-hydrogen) atoms. The van der Waals surface area contributed by atoms with E-state index in [-0.39, 0.29) is 0 Å². The molecule has 0 bridgehead atoms. The molecule has 1 N–H and O–H groups in total. The van der Waals surface area contributed by atoms with Gasteiger partial charge in [0, 0.05) is 19.1 Å². The third-order valence-corrected chi connectivity index (χ3v) is 3.53. The fourth-order valence-corrected chi connectivity index (χ4v) is 2.23. The molecule has 2 fully saturated rings. The van der Waals surface area contributed by atoms with E-state index >= 15 is 0 Å². The Morgan fingerprint density at radius 1 is 1.24 bits per heavy atom. The molecule has 0 aromatic carbocycles. The molecule has 1 aliphatic carbocycles. The molecule has 0 radical (unpaired) electrons. The van der Waals surface area contributed by atoms with Gasteiger partial charge in [-0.1, -0.05) is 6.07 Å². The molecule has 2 aliphatic rings. The molecule has 2 heterocycles. The van der Waals surface area contributed by atoms with Crippen LogP contribution in [0.4, 0.5) is 11.6 Å². The van der Waals surface area contributed by atoms with Gasteiger partial charge >= 0.3 is 0 Å². The summed E-state index contributed by atoms with van der Waals surface area (Å²) in [6.45, 7) is 3.50. The summed E-state index contributed by atoms with van der Waals surface area (Å²) in [5.74, 6) is 2.08. The lowest BCUT2D eigenvalue weighted by Crippen LogP contribution is -2.37. The minimum absolute atomic E-state index is 0.641. The van der Waals surface area contributed by atoms with Crippen LogP contribution in [-0.2, 0) is 4.74 Å². The van der Waals surface area contributed by atoms with E-state index in [1.165, 1.54) is 19.3 Å². The summed E-state index contributed by atoms with van der Waals surface area (Å²) in [5.41, 5.74) is 0. The second kappa shape index (κ2) is 4.92. The lowest BCUT2D eigenvalue weighted by Gasteiger charge is -2.30. The number of hydrogen-bond donors (Lipinski definition) is 1. The third kappa shape index (κ3) is 2.52. The van der Waals surface area contributed by atoms with Gasteiger partial charge in [-0.05, 0) is 31.4 Å². The number of ether oxygens (including phenoxy) is 1. The van der Waals surface area contributed by atoms with E-state index in [0.29, 0.717) is 6.04 Å². The molecule has 1 aromatic heterocycles. The van der Waals surface area contributed by atoms with Crippen molar-refractivity contribution in [3.63, 3.8) is 0 Å². The van der Waals surface area contributed by atoms with Crippen LogP contribution in [0.5, 0.6) is 0 Å². The van der Waals surface area contributed by atoms with Gasteiger partial charge < -0.3 is 15.0 Å². The van der Waals surface area contributed by atoms with Gasteiger partial charge in [0.15, 0.2) is 0 Å². The topological polar surface area (TPSA) is 37.4 Å². The Morgan fingerprint density at radius 3 is 2.76 bits per heavy atom. The van der Waals surface area contributed by atoms with Crippen LogP contribution in [0.1, 0.15) is 19.3 Å². The van der Waals surface area contributed by atoms with E-state index < -0.39 is 0 Å². The summed E-state index contributed by atoms with van der Waals surface area (Å²) in [6.07, 6.45) is 3.91. The number of rotatable bonds is 3. The molecule has 4 nitrogen and oxygen atoms in total. The van der Waals surface area contributed by atoms with Crippen LogP contribution in [0, 0.1) is 0 Å². The molecular formula is C13H19N3O. The molecule has 0 atom stereocenters. The van der Waals surface area contributed by atoms with Crippen LogP contribution in [0.25, 0.3) is 0 Å². The molecule has 1 aliphatic heterocycles. The summed E-state index contributed by atoms with van der Waals surface area (Å²) >= 11 is 0. The zero-order valence-electron chi connectivity index (χ0n) is 10.1. The normalized spacial score (nSPS) is 21.1. The first-order valence-corrected chi connectivity index (χ1v) is 6.48. The Kier molecular flexibility index (Phi) is 3.14. The van der Waals surface area contributed by atoms with Crippen LogP contribution in [0.15, 0.2) is 18.2 Å². The van der Waals surface area contributed by atoms with Crippen molar-refractivity contribution in [3.8, 4) is 0 Å². The van der Waals surface area contributed by atoms with E-state index in [0.717, 1.165) is 37.9 Å². The highest BCUT2D eigenvalue weighted by Gasteiger charge is 2.18. The van der Waals surface area contributed by atoms with Crippen molar-refractivity contribution in [2.24, 2.45) is 0 Å². The van der Waals surface area contributed by atoms with E-state index in [1.54, 1.807) is 0 Å². The van der Waals surface area contributed by atoms with Gasteiger partial charge in [-0.15, -0.1) is 0 Å². The van der Waals surface area contributed by atoms with Gasteiger partial charge in [0.05, 0.1) is 13.2 Å². The van der Waals surface area contributed by atoms with Crippen molar-refractivity contribution in [2.75, 3.05) is 36.5 Å². The van der Waals surface area contributed by atoms with E-state index in [9.17, 15) is 0 Å². The number of pyridine rings is 1. The second-order valence-corrected chi connectivity index (χ2v) is 4.75. The lowest BCUT2D eigenvalue weighted by molar-refractivity contribution is 0.122. The van der Waals surface area contributed by atoms with Crippen molar-refractivity contribution in [1.29, 1.82) is 0 Å². The first kappa shape index (κ1) is 10.8. The number of hydrogen-bond acceptors (Lipinski definition) is 4. The molecule has 0 amide bonds. The van der Waals surface area contributed by atoms with Gasteiger partial charge in [0.1, 0.15) is 11.6 Å². The predicted octanol–water partition coefficient (Wildman–Crippen LogP) is 1.88. The van der Waals surface area contributed by atoms with Crippen LogP contribution in [0.3, 0.4) is 0 Å². The molecule has 4 heteroatoms. The van der Waals surface area contributed by atoms with Crippen LogP contribution >= 0.6 is 0 Å². The first-order chi connectivity index (χ1) is 8.42. The SMILES string of the molecule is c1cc(NC2CCC2)nc(N2CCOCC2)c1. The van der Waals surface area contributed by atoms with Crippen LogP contribution in [-0.4, -0.2) is 37.3 Å². The average Bonchev–Trinajstić information content (AvgIpc) is 2.35. The van der Waals surface area contributed by atoms with Crippen LogP contribution in [0.2, 0.25) is 0 Å². The highest BCUT2D eigenvalue weighted by molar-refractivity contribution is 5.47. The van der Waals surface area contributed by atoms with Gasteiger partial charge in [-0.25, -0.2) is 4.98 Å². The minimum Gasteiger partial charge on any atom is -0.378 e. The number of aromatic nitrogens is 1. The highest BCUT2D eigenvalue weighted by Crippen LogP contribution is 2.23. The number of nitrogens with one attached hydrogen (secondary N) is 1. The van der Waals surface area contributed by atoms with Gasteiger partial charge in [-0.2, -0.15) is 0 Å². The van der Waals surface area contributed by atoms with E-state index in [4.69, 9.17) is 4.74 Å². The fraction of sp³-hybridized carbons (Fsp3) is 0.615. The third-order valence-electron chi connectivity index (χ3n) is 3.53. The van der Waals surface area contributed by atoms with Gasteiger partial charge in [0.25, 0.3) is 0 Å². The maximum Gasteiger partial charge on any atom is 0.131 e. The smallest absolute Gasteiger partial charge is 0.131 e. The number of nitrogens with zero attached hydrogens (tertiary/aromatic N) is 2. The standard InChI is InChI=1S/C13H19N3O/c1-3-11(4-1)14-12-5-2-6-13(15-12)16-7-9-17-10-8-16/h2,5-6,11H,1,3-4,7-10H2,(H,14,15). The van der Waals surface area contributed by atoms with Crippen molar-refractivity contribution >= 4 is 11.6 Å². The summed E-state index contributed by atoms with van der Waals surface area (Å²) in [6, 6.07) is 6.86. The molecule has 1 saturated heterocycles. The lowest BCUT2D eigenvalue weighted by atomic mass is 9.93. The number of morpholine rings is 1. The Bertz CT molecular complexity index is 373. The quantitative estimate of drug-likeness (QED) is 0.865. The summed E-state index contributed by atoms with van der Waals surface area (Å²) in [4.78, 5) is 6.96. The largest absolute Gasteiger partial charge is 0.378 e. The van der Waals surface area contributed by atoms with Crippen molar-refractivity contribution in [1.82, 2.24) is 4.98 Å². The maximum atomic E-state index is 5.36. The molecule has 0 spiro atoms. The van der Waals surface area contributed by atoms with Crippen molar-refractivity contribution in [3.05, 3.63) is 18.2 Å². The minimum atomic E-state index is 0.641. The maximum absolute atomic E-state index is 5.36. The summed E-state index contributed by atoms with van der Waals surface area (Å²) < 4.78 is 5.36. The summed E-state index contributed by atoms with van der Waals surface area (Å²) in [5, 5.41) is 3.49. The highest BCUT2D eigenvalue weighted by atomic mass is 16.5. The molecule has 3 rings (SSSR count). The molecule has 0 unspecified atom stereocenters. The zero-order valence-corrected chi connectivity index (χ0v) is 10.1. The van der Waals surface area contributed by atoms with Gasteiger partial charge in [-0.3, -0.25) is 0 Å². The van der Waals surface area contributed by atoms with Gasteiger partial charge in [0.2, 0.25) is 0 Å². The zero-order chi connectivity index (χ0) is 11.5. The van der Waals surface area contributed by atoms with E-state index in [1.807, 2.05) is 0 Å². The van der Waals surface area contributed by atoms with E-state index in [2.05, 4.69) is 33.4 Å². The predicted molar refractivity (Wildman–Crippen MR) is 68.5 cm³/mol. The molecule has 92 valence electrons. The Balaban J connectivity index is 1.68. The second-order valence-electron chi connectivity index (χ2n) is 4.75. The first-order valence-electron chi connectivity index (χ1n) is 6.48. The Labute approximate surface area is 102 Å². The van der Waals surface area contributed by atoms with Crippen LogP contribution < -0.4 is 10.2 Å².